The fraction of sp³-hybridized carbons (Fsp3) is 0.367. The van der Waals surface area contributed by atoms with Gasteiger partial charge in [-0.05, 0) is 54.7 Å². The average molecular weight is 634 g/mol. The van der Waals surface area contributed by atoms with Crippen LogP contribution in [0.3, 0.4) is 0 Å². The maximum absolute atomic E-state index is 14.3. The van der Waals surface area contributed by atoms with Crippen molar-refractivity contribution in [2.75, 3.05) is 12.8 Å². The molecule has 1 heterocycles. The first-order chi connectivity index (χ1) is 20.1. The first-order valence-electron chi connectivity index (χ1n) is 13.7. The molecule has 0 aromatic heterocycles. The van der Waals surface area contributed by atoms with Crippen LogP contribution in [0.25, 0.3) is 0 Å². The number of fused-ring (bicyclic) bond motifs is 1. The van der Waals surface area contributed by atoms with Crippen molar-refractivity contribution in [2.45, 2.75) is 56.1 Å². The third-order valence-corrected chi connectivity index (χ3v) is 8.81. The second kappa shape index (κ2) is 14.3. The summed E-state index contributed by atoms with van der Waals surface area (Å²) in [7, 11) is -3.57. The minimum Gasteiger partial charge on any atom is -0.411 e. The fourth-order valence-corrected chi connectivity index (χ4v) is 7.19. The summed E-state index contributed by atoms with van der Waals surface area (Å²) >= 11 is 13.0. The van der Waals surface area contributed by atoms with Crippen molar-refractivity contribution in [1.82, 2.24) is 14.9 Å². The number of benzene rings is 2. The van der Waals surface area contributed by atoms with E-state index in [0.717, 1.165) is 19.1 Å². The minimum atomic E-state index is -3.57. The van der Waals surface area contributed by atoms with Crippen molar-refractivity contribution in [3.05, 3.63) is 93.5 Å². The van der Waals surface area contributed by atoms with E-state index in [0.29, 0.717) is 52.5 Å². The number of hydrogen-bond acceptors (Lipinski definition) is 6. The van der Waals surface area contributed by atoms with Gasteiger partial charge in [-0.2, -0.15) is 0 Å². The van der Waals surface area contributed by atoms with E-state index < -0.39 is 34.1 Å². The van der Waals surface area contributed by atoms with Crippen molar-refractivity contribution in [3.63, 3.8) is 0 Å². The molecule has 1 aliphatic heterocycles. The van der Waals surface area contributed by atoms with Crippen molar-refractivity contribution >= 4 is 51.3 Å². The van der Waals surface area contributed by atoms with E-state index in [-0.39, 0.29) is 11.8 Å². The van der Waals surface area contributed by atoms with Crippen LogP contribution >= 0.6 is 23.2 Å². The van der Waals surface area contributed by atoms with Gasteiger partial charge in [-0.15, -0.1) is 0 Å². The number of carbonyl (C=O) groups excluding carboxylic acids is 2. The van der Waals surface area contributed by atoms with Crippen LogP contribution in [-0.4, -0.2) is 61.4 Å². The SMILES string of the molecule is CS(=O)(=O)N[C@H]1CCCC[C@@H]1N1C(=O)c2ccccc2[C@@H](C(=O)NCC/C=C/C=C\C=NO)[C@@H]1c1ccc(Cl)cc1Cl. The minimum absolute atomic E-state index is 0.279. The Morgan fingerprint density at radius 3 is 2.60 bits per heavy atom. The van der Waals surface area contributed by atoms with E-state index in [4.69, 9.17) is 28.4 Å². The Bertz CT molecular complexity index is 1490. The Kier molecular flexibility index (Phi) is 10.8. The molecular formula is C30H34Cl2N4O5S. The molecule has 2 amide bonds. The lowest BCUT2D eigenvalue weighted by Crippen LogP contribution is -2.59. The first kappa shape index (κ1) is 31.7. The molecule has 9 nitrogen and oxygen atoms in total. The molecule has 0 saturated heterocycles. The number of rotatable bonds is 10. The lowest BCUT2D eigenvalue weighted by Gasteiger charge is -2.49. The van der Waals surface area contributed by atoms with Crippen molar-refractivity contribution in [1.29, 1.82) is 0 Å². The molecule has 2 aliphatic rings. The molecule has 224 valence electrons. The van der Waals surface area contributed by atoms with Gasteiger partial charge < -0.3 is 15.4 Å². The molecule has 1 aliphatic carbocycles. The molecule has 0 unspecified atom stereocenters. The van der Waals surface area contributed by atoms with Gasteiger partial charge in [-0.3, -0.25) is 9.59 Å². The highest BCUT2D eigenvalue weighted by atomic mass is 35.5. The van der Waals surface area contributed by atoms with Crippen molar-refractivity contribution in [3.8, 4) is 0 Å². The molecule has 0 spiro atoms. The van der Waals surface area contributed by atoms with Crippen LogP contribution in [-0.2, 0) is 14.8 Å². The average Bonchev–Trinajstić information content (AvgIpc) is 2.94. The van der Waals surface area contributed by atoms with Gasteiger partial charge in [0.1, 0.15) is 0 Å². The van der Waals surface area contributed by atoms with Crippen LogP contribution in [0.2, 0.25) is 10.0 Å². The van der Waals surface area contributed by atoms with E-state index in [1.807, 2.05) is 6.08 Å². The summed E-state index contributed by atoms with van der Waals surface area (Å²) in [4.78, 5) is 30.0. The normalized spacial score (nSPS) is 23.1. The molecule has 0 radical (unpaired) electrons. The number of sulfonamides is 1. The molecule has 2 aromatic rings. The summed E-state index contributed by atoms with van der Waals surface area (Å²) in [5.74, 6) is -1.38. The van der Waals surface area contributed by atoms with E-state index in [2.05, 4.69) is 15.2 Å². The number of carbonyl (C=O) groups is 2. The number of hydrogen-bond donors (Lipinski definition) is 3. The molecule has 42 heavy (non-hydrogen) atoms. The molecule has 1 fully saturated rings. The van der Waals surface area contributed by atoms with Crippen LogP contribution in [0, 0.1) is 0 Å². The quantitative estimate of drug-likeness (QED) is 0.109. The second-order valence-corrected chi connectivity index (χ2v) is 13.0. The van der Waals surface area contributed by atoms with Gasteiger partial charge in [-0.25, -0.2) is 13.1 Å². The number of oxime groups is 1. The summed E-state index contributed by atoms with van der Waals surface area (Å²) in [6.45, 7) is 0.340. The molecule has 4 rings (SSSR count). The summed E-state index contributed by atoms with van der Waals surface area (Å²) in [6, 6.07) is 10.2. The highest BCUT2D eigenvalue weighted by Crippen LogP contribution is 2.47. The van der Waals surface area contributed by atoms with E-state index in [9.17, 15) is 18.0 Å². The molecule has 2 aromatic carbocycles. The summed E-state index contributed by atoms with van der Waals surface area (Å²) < 4.78 is 27.4. The van der Waals surface area contributed by atoms with Gasteiger partial charge in [-0.1, -0.05) is 83.7 Å². The summed E-state index contributed by atoms with van der Waals surface area (Å²) in [5.41, 5.74) is 1.54. The largest absolute Gasteiger partial charge is 0.411 e. The van der Waals surface area contributed by atoms with E-state index in [1.165, 1.54) is 6.21 Å². The second-order valence-electron chi connectivity index (χ2n) is 10.4. The fourth-order valence-electron chi connectivity index (χ4n) is 5.84. The first-order valence-corrected chi connectivity index (χ1v) is 16.4. The van der Waals surface area contributed by atoms with Crippen LogP contribution in [0.4, 0.5) is 0 Å². The predicted octanol–water partition coefficient (Wildman–Crippen LogP) is 5.21. The van der Waals surface area contributed by atoms with E-state index in [1.54, 1.807) is 65.6 Å². The number of nitrogens with one attached hydrogen (secondary N) is 2. The Morgan fingerprint density at radius 2 is 1.86 bits per heavy atom. The zero-order valence-electron chi connectivity index (χ0n) is 23.1. The van der Waals surface area contributed by atoms with Crippen LogP contribution in [0.15, 0.2) is 71.9 Å². The Balaban J connectivity index is 1.77. The lowest BCUT2D eigenvalue weighted by atomic mass is 9.76. The number of amides is 2. The standard InChI is InChI=1S/C30H34Cl2N4O5S/c1-42(40,41)35-25-13-7-8-14-26(25)36-28(23-16-15-20(31)19-24(23)32)27(21-11-5-6-12-22(21)30(36)38)29(37)33-17-9-3-2-4-10-18-34-39/h2-6,10-12,15-16,18-19,25-28,35,39H,7-9,13-14,17H2,1H3,(H,33,37)/b3-2+,10-4-,34-18?/t25-,26-,27+,28-/m0/s1. The Morgan fingerprint density at radius 1 is 1.10 bits per heavy atom. The molecule has 4 atom stereocenters. The van der Waals surface area contributed by atoms with Crippen LogP contribution < -0.4 is 10.0 Å². The lowest BCUT2D eigenvalue weighted by molar-refractivity contribution is -0.124. The van der Waals surface area contributed by atoms with Gasteiger partial charge in [0, 0.05) is 34.2 Å². The van der Waals surface area contributed by atoms with Gasteiger partial charge in [0.2, 0.25) is 15.9 Å². The number of nitrogens with zero attached hydrogens (tertiary/aromatic N) is 2. The van der Waals surface area contributed by atoms with Gasteiger partial charge in [0.05, 0.1) is 24.4 Å². The monoisotopic (exact) mass is 632 g/mol. The Hall–Kier alpha value is -3.18. The number of halogens is 2. The maximum atomic E-state index is 14.3. The van der Waals surface area contributed by atoms with Gasteiger partial charge in [0.25, 0.3) is 5.91 Å². The topological polar surface area (TPSA) is 128 Å². The highest BCUT2D eigenvalue weighted by molar-refractivity contribution is 7.88. The molecule has 1 saturated carbocycles. The van der Waals surface area contributed by atoms with Gasteiger partial charge in [0.15, 0.2) is 0 Å². The molecular weight excluding hydrogens is 599 g/mol. The Labute approximate surface area is 256 Å². The van der Waals surface area contributed by atoms with Crippen LogP contribution in [0.1, 0.15) is 65.5 Å². The predicted molar refractivity (Wildman–Crippen MR) is 165 cm³/mol. The van der Waals surface area contributed by atoms with Crippen molar-refractivity contribution < 1.29 is 23.2 Å². The summed E-state index contributed by atoms with van der Waals surface area (Å²) in [6.07, 6.45) is 12.5. The maximum Gasteiger partial charge on any atom is 0.255 e. The third-order valence-electron chi connectivity index (χ3n) is 7.51. The van der Waals surface area contributed by atoms with Crippen LogP contribution in [0.5, 0.6) is 0 Å². The zero-order valence-corrected chi connectivity index (χ0v) is 25.4. The highest BCUT2D eigenvalue weighted by Gasteiger charge is 2.49. The smallest absolute Gasteiger partial charge is 0.255 e. The molecule has 12 heteroatoms. The third kappa shape index (κ3) is 7.60. The van der Waals surface area contributed by atoms with Crippen molar-refractivity contribution in [2.24, 2.45) is 5.16 Å². The zero-order chi connectivity index (χ0) is 30.3. The van der Waals surface area contributed by atoms with Gasteiger partial charge >= 0.3 is 0 Å². The molecule has 3 N–H and O–H groups in total. The summed E-state index contributed by atoms with van der Waals surface area (Å²) in [5, 5.41) is 15.1. The van der Waals surface area contributed by atoms with E-state index >= 15 is 0 Å². The number of allylic oxidation sites excluding steroid dienone is 3. The molecule has 0 bridgehead atoms.